The average molecular weight is 292 g/mol. The van der Waals surface area contributed by atoms with Crippen LogP contribution in [0.2, 0.25) is 0 Å². The molecule has 112 valence electrons. The number of hydrogen-bond acceptors (Lipinski definition) is 4. The average Bonchev–Trinajstić information content (AvgIpc) is 2.86. The first-order chi connectivity index (χ1) is 9.99. The van der Waals surface area contributed by atoms with Crippen LogP contribution < -0.4 is 5.32 Å². The van der Waals surface area contributed by atoms with Crippen LogP contribution in [0.4, 0.5) is 10.1 Å². The third-order valence-corrected chi connectivity index (χ3v) is 3.10. The number of non-ortho nitro benzene ring substituents is 1. The van der Waals surface area contributed by atoms with E-state index in [2.05, 4.69) is 5.32 Å². The van der Waals surface area contributed by atoms with Crippen molar-refractivity contribution in [3.63, 3.8) is 0 Å². The molecule has 0 aliphatic carbocycles. The topological polar surface area (TPSA) is 68.3 Å². The smallest absolute Gasteiger partial charge is 0.273 e. The Labute approximate surface area is 121 Å². The molecule has 0 aliphatic rings. The molecule has 1 aromatic heterocycles. The fourth-order valence-corrected chi connectivity index (χ4v) is 2.19. The number of hydrogen-bond donors (Lipinski definition) is 1. The predicted molar refractivity (Wildman–Crippen MR) is 77.6 cm³/mol. The molecule has 1 aromatic carbocycles. The third-order valence-electron chi connectivity index (χ3n) is 3.10. The van der Waals surface area contributed by atoms with Gasteiger partial charge in [-0.15, -0.1) is 0 Å². The number of nitro benzene ring substituents is 1. The highest BCUT2D eigenvalue weighted by Gasteiger charge is 2.14. The van der Waals surface area contributed by atoms with Gasteiger partial charge < -0.3 is 9.73 Å². The Kier molecular flexibility index (Phi) is 4.70. The lowest BCUT2D eigenvalue weighted by atomic mass is 10.1. The number of benzene rings is 1. The summed E-state index contributed by atoms with van der Waals surface area (Å²) in [6, 6.07) is 7.19. The third kappa shape index (κ3) is 3.88. The standard InChI is InChI=1S/C15H17FN2O3/c1-3-17-10(2)6-14-4-5-15(21-14)11-7-12(16)9-13(8-11)18(19)20/h4-5,7-10,17H,3,6H2,1-2H3. The number of likely N-dealkylation sites (N-methyl/N-ethyl adjacent to an activating group) is 1. The van der Waals surface area contributed by atoms with Crippen molar-refractivity contribution in [2.45, 2.75) is 26.3 Å². The monoisotopic (exact) mass is 292 g/mol. The van der Waals surface area contributed by atoms with E-state index in [1.807, 2.05) is 13.8 Å². The van der Waals surface area contributed by atoms with Crippen molar-refractivity contribution in [1.82, 2.24) is 5.32 Å². The molecule has 1 atom stereocenters. The van der Waals surface area contributed by atoms with Gasteiger partial charge in [0.2, 0.25) is 0 Å². The summed E-state index contributed by atoms with van der Waals surface area (Å²) in [5.74, 6) is 0.528. The summed E-state index contributed by atoms with van der Waals surface area (Å²) in [5, 5.41) is 14.0. The highest BCUT2D eigenvalue weighted by Crippen LogP contribution is 2.27. The molecule has 0 bridgehead atoms. The fraction of sp³-hybridized carbons (Fsp3) is 0.333. The molecule has 2 rings (SSSR count). The second-order valence-electron chi connectivity index (χ2n) is 4.88. The molecule has 0 amide bonds. The predicted octanol–water partition coefficient (Wildman–Crippen LogP) is 3.53. The van der Waals surface area contributed by atoms with E-state index in [-0.39, 0.29) is 11.7 Å². The number of furan rings is 1. The van der Waals surface area contributed by atoms with Gasteiger partial charge in [0.25, 0.3) is 5.69 Å². The summed E-state index contributed by atoms with van der Waals surface area (Å²) in [6.07, 6.45) is 0.700. The van der Waals surface area contributed by atoms with Crippen LogP contribution in [0.15, 0.2) is 34.7 Å². The number of nitrogens with zero attached hydrogens (tertiary/aromatic N) is 1. The first-order valence-electron chi connectivity index (χ1n) is 6.77. The van der Waals surface area contributed by atoms with Gasteiger partial charge >= 0.3 is 0 Å². The Morgan fingerprint density at radius 3 is 2.81 bits per heavy atom. The van der Waals surface area contributed by atoms with E-state index in [4.69, 9.17) is 4.42 Å². The number of nitrogens with one attached hydrogen (secondary N) is 1. The number of nitro groups is 1. The number of halogens is 1. The van der Waals surface area contributed by atoms with E-state index >= 15 is 0 Å². The summed E-state index contributed by atoms with van der Waals surface area (Å²) >= 11 is 0. The summed E-state index contributed by atoms with van der Waals surface area (Å²) in [5.41, 5.74) is 0.0769. The molecule has 5 nitrogen and oxygen atoms in total. The van der Waals surface area contributed by atoms with Gasteiger partial charge in [0, 0.05) is 24.1 Å². The van der Waals surface area contributed by atoms with E-state index in [0.29, 0.717) is 17.7 Å². The molecular weight excluding hydrogens is 275 g/mol. The minimum Gasteiger partial charge on any atom is -0.461 e. The lowest BCUT2D eigenvalue weighted by molar-refractivity contribution is -0.385. The quantitative estimate of drug-likeness (QED) is 0.653. The second kappa shape index (κ2) is 6.49. The van der Waals surface area contributed by atoms with Crippen LogP contribution in [-0.4, -0.2) is 17.5 Å². The zero-order chi connectivity index (χ0) is 15.4. The van der Waals surface area contributed by atoms with Gasteiger partial charge in [-0.05, 0) is 31.7 Å². The largest absolute Gasteiger partial charge is 0.461 e. The molecule has 1 unspecified atom stereocenters. The molecule has 0 spiro atoms. The summed E-state index contributed by atoms with van der Waals surface area (Å²) in [4.78, 5) is 10.1. The molecule has 1 N–H and O–H groups in total. The van der Waals surface area contributed by atoms with Gasteiger partial charge in [0.15, 0.2) is 0 Å². The van der Waals surface area contributed by atoms with Crippen molar-refractivity contribution >= 4 is 5.69 Å². The maximum atomic E-state index is 13.4. The van der Waals surface area contributed by atoms with Gasteiger partial charge in [0.1, 0.15) is 17.3 Å². The zero-order valence-corrected chi connectivity index (χ0v) is 11.9. The highest BCUT2D eigenvalue weighted by molar-refractivity contribution is 5.61. The SMILES string of the molecule is CCNC(C)Cc1ccc(-c2cc(F)cc([N+](=O)[O-])c2)o1. The van der Waals surface area contributed by atoms with Crippen molar-refractivity contribution in [2.75, 3.05) is 6.54 Å². The van der Waals surface area contributed by atoms with Crippen molar-refractivity contribution in [3.8, 4) is 11.3 Å². The first kappa shape index (κ1) is 15.2. The minimum atomic E-state index is -0.654. The fourth-order valence-electron chi connectivity index (χ4n) is 2.19. The van der Waals surface area contributed by atoms with Gasteiger partial charge in [-0.2, -0.15) is 0 Å². The molecule has 0 saturated carbocycles. The van der Waals surface area contributed by atoms with E-state index in [0.717, 1.165) is 18.4 Å². The minimum absolute atomic E-state index is 0.260. The normalized spacial score (nSPS) is 12.3. The molecule has 6 heteroatoms. The molecule has 0 saturated heterocycles. The van der Waals surface area contributed by atoms with E-state index in [9.17, 15) is 14.5 Å². The maximum absolute atomic E-state index is 13.4. The zero-order valence-electron chi connectivity index (χ0n) is 11.9. The van der Waals surface area contributed by atoms with Crippen molar-refractivity contribution < 1.29 is 13.7 Å². The summed E-state index contributed by atoms with van der Waals surface area (Å²) in [6.45, 7) is 4.93. The van der Waals surface area contributed by atoms with Crippen LogP contribution in [0.3, 0.4) is 0 Å². The highest BCUT2D eigenvalue weighted by atomic mass is 19.1. The summed E-state index contributed by atoms with van der Waals surface area (Å²) in [7, 11) is 0. The van der Waals surface area contributed by atoms with Crippen molar-refractivity contribution in [1.29, 1.82) is 0 Å². The van der Waals surface area contributed by atoms with Crippen LogP contribution in [-0.2, 0) is 6.42 Å². The molecule has 0 fully saturated rings. The lowest BCUT2D eigenvalue weighted by Crippen LogP contribution is -2.27. The van der Waals surface area contributed by atoms with Gasteiger partial charge in [-0.25, -0.2) is 4.39 Å². The second-order valence-corrected chi connectivity index (χ2v) is 4.88. The summed E-state index contributed by atoms with van der Waals surface area (Å²) < 4.78 is 19.1. The van der Waals surface area contributed by atoms with Crippen molar-refractivity contribution in [2.24, 2.45) is 0 Å². The van der Waals surface area contributed by atoms with Gasteiger partial charge in [-0.3, -0.25) is 10.1 Å². The van der Waals surface area contributed by atoms with Crippen LogP contribution in [0.25, 0.3) is 11.3 Å². The Balaban J connectivity index is 2.23. The first-order valence-corrected chi connectivity index (χ1v) is 6.77. The Morgan fingerprint density at radius 2 is 2.14 bits per heavy atom. The van der Waals surface area contributed by atoms with E-state index < -0.39 is 10.7 Å². The maximum Gasteiger partial charge on any atom is 0.273 e. The van der Waals surface area contributed by atoms with Crippen LogP contribution in [0, 0.1) is 15.9 Å². The molecule has 0 radical (unpaired) electrons. The Bertz CT molecular complexity index is 640. The van der Waals surface area contributed by atoms with Crippen LogP contribution in [0.1, 0.15) is 19.6 Å². The van der Waals surface area contributed by atoms with Crippen LogP contribution >= 0.6 is 0 Å². The molecule has 0 aliphatic heterocycles. The Hall–Kier alpha value is -2.21. The van der Waals surface area contributed by atoms with E-state index in [1.54, 1.807) is 12.1 Å². The van der Waals surface area contributed by atoms with Crippen LogP contribution in [0.5, 0.6) is 0 Å². The molecule has 2 aromatic rings. The van der Waals surface area contributed by atoms with Gasteiger partial charge in [0.05, 0.1) is 11.0 Å². The van der Waals surface area contributed by atoms with Gasteiger partial charge in [-0.1, -0.05) is 6.92 Å². The molecule has 21 heavy (non-hydrogen) atoms. The molecule has 1 heterocycles. The molecular formula is C15H17FN2O3. The Morgan fingerprint density at radius 1 is 1.38 bits per heavy atom. The number of rotatable bonds is 6. The van der Waals surface area contributed by atoms with Crippen molar-refractivity contribution in [3.05, 3.63) is 52.0 Å². The van der Waals surface area contributed by atoms with E-state index in [1.165, 1.54) is 12.1 Å². The lowest BCUT2D eigenvalue weighted by Gasteiger charge is -2.09.